The highest BCUT2D eigenvalue weighted by atomic mass is 16.5. The second kappa shape index (κ2) is 12.7. The molecule has 2 saturated heterocycles. The predicted octanol–water partition coefficient (Wildman–Crippen LogP) is -0.297. The fourth-order valence-electron chi connectivity index (χ4n) is 3.08. The first-order chi connectivity index (χ1) is 14.3. The van der Waals surface area contributed by atoms with Crippen molar-refractivity contribution in [1.82, 2.24) is 15.0 Å². The van der Waals surface area contributed by atoms with E-state index in [4.69, 9.17) is 24.7 Å². The number of hydrogen-bond donors (Lipinski definition) is 3. The molecule has 2 aliphatic heterocycles. The third-order valence-electron chi connectivity index (χ3n) is 4.59. The number of anilines is 3. The molecule has 164 valence electrons. The molecule has 1 atom stereocenters. The number of rotatable bonds is 13. The van der Waals surface area contributed by atoms with Crippen LogP contribution in [-0.4, -0.2) is 100 Å². The summed E-state index contributed by atoms with van der Waals surface area (Å²) in [5.74, 6) is 1.73. The topological polar surface area (TPSA) is 129 Å². The zero-order valence-electron chi connectivity index (χ0n) is 17.0. The van der Waals surface area contributed by atoms with E-state index in [0.29, 0.717) is 77.1 Å². The molecule has 11 heteroatoms. The highest BCUT2D eigenvalue weighted by molar-refractivity contribution is 5.44. The van der Waals surface area contributed by atoms with Gasteiger partial charge in [0.1, 0.15) is 0 Å². The molecule has 2 fully saturated rings. The first kappa shape index (κ1) is 21.9. The molecule has 0 amide bonds. The molecule has 0 aliphatic carbocycles. The molecule has 3 heterocycles. The Bertz CT molecular complexity index is 583. The van der Waals surface area contributed by atoms with Gasteiger partial charge in [-0.05, 0) is 12.8 Å². The lowest BCUT2D eigenvalue weighted by molar-refractivity contribution is 0.0547. The van der Waals surface area contributed by atoms with Crippen molar-refractivity contribution in [2.75, 3.05) is 94.5 Å². The number of aromatic nitrogens is 3. The van der Waals surface area contributed by atoms with Crippen molar-refractivity contribution in [3.8, 4) is 0 Å². The molecule has 1 aromatic rings. The third kappa shape index (κ3) is 7.86. The predicted molar refractivity (Wildman–Crippen MR) is 110 cm³/mol. The lowest BCUT2D eigenvalue weighted by Crippen LogP contribution is -2.37. The second-order valence-corrected chi connectivity index (χ2v) is 6.84. The maximum absolute atomic E-state index is 5.67. The van der Waals surface area contributed by atoms with Gasteiger partial charge in [-0.15, -0.1) is 0 Å². The van der Waals surface area contributed by atoms with E-state index in [1.165, 1.54) is 0 Å². The van der Waals surface area contributed by atoms with Gasteiger partial charge in [0, 0.05) is 39.3 Å². The molecule has 4 N–H and O–H groups in total. The summed E-state index contributed by atoms with van der Waals surface area (Å²) in [6.07, 6.45) is 2.38. The Morgan fingerprint density at radius 3 is 2.45 bits per heavy atom. The molecular formula is C18H33N7O4. The van der Waals surface area contributed by atoms with E-state index in [1.807, 2.05) is 0 Å². The Kier molecular flexibility index (Phi) is 9.60. The van der Waals surface area contributed by atoms with Crippen molar-refractivity contribution in [3.63, 3.8) is 0 Å². The largest absolute Gasteiger partial charge is 0.378 e. The van der Waals surface area contributed by atoms with Gasteiger partial charge in [-0.2, -0.15) is 15.0 Å². The number of nitrogens with two attached hydrogens (primary N) is 1. The summed E-state index contributed by atoms with van der Waals surface area (Å²) in [6.45, 7) is 7.67. The second-order valence-electron chi connectivity index (χ2n) is 6.84. The Labute approximate surface area is 171 Å². The molecule has 2 aliphatic rings. The Hall–Kier alpha value is -1.79. The van der Waals surface area contributed by atoms with Crippen molar-refractivity contribution in [1.29, 1.82) is 0 Å². The molecule has 11 nitrogen and oxygen atoms in total. The smallest absolute Gasteiger partial charge is 0.232 e. The van der Waals surface area contributed by atoms with Gasteiger partial charge in [0.05, 0.1) is 45.7 Å². The molecule has 1 aromatic heterocycles. The Balaban J connectivity index is 1.50. The molecule has 0 spiro atoms. The van der Waals surface area contributed by atoms with Crippen LogP contribution in [0.5, 0.6) is 0 Å². The van der Waals surface area contributed by atoms with Crippen LogP contribution >= 0.6 is 0 Å². The minimum Gasteiger partial charge on any atom is -0.378 e. The average Bonchev–Trinajstić information content (AvgIpc) is 3.28. The maximum Gasteiger partial charge on any atom is 0.232 e. The van der Waals surface area contributed by atoms with E-state index in [0.717, 1.165) is 32.5 Å². The number of ether oxygens (including phenoxy) is 4. The van der Waals surface area contributed by atoms with E-state index < -0.39 is 0 Å². The van der Waals surface area contributed by atoms with Gasteiger partial charge in [-0.1, -0.05) is 0 Å². The summed E-state index contributed by atoms with van der Waals surface area (Å²) in [6, 6.07) is 0. The average molecular weight is 412 g/mol. The van der Waals surface area contributed by atoms with Gasteiger partial charge in [0.15, 0.2) is 0 Å². The minimum absolute atomic E-state index is 0.213. The van der Waals surface area contributed by atoms with E-state index in [2.05, 4.69) is 30.5 Å². The van der Waals surface area contributed by atoms with Gasteiger partial charge in [0.2, 0.25) is 17.8 Å². The summed E-state index contributed by atoms with van der Waals surface area (Å²) in [4.78, 5) is 15.8. The molecule has 0 bridgehead atoms. The molecule has 0 aromatic carbocycles. The van der Waals surface area contributed by atoms with E-state index in [9.17, 15) is 0 Å². The zero-order chi connectivity index (χ0) is 20.2. The number of hydrogen-bond acceptors (Lipinski definition) is 11. The standard InChI is InChI=1S/C18H33N7O4/c19-3-8-26-12-13-27-9-4-20-16-22-17(21-14-15-2-1-7-29-15)24-18(23-16)25-5-10-28-11-6-25/h15H,1-14,19H2,(H2,20,21,22,23,24). The summed E-state index contributed by atoms with van der Waals surface area (Å²) in [7, 11) is 0. The molecule has 29 heavy (non-hydrogen) atoms. The van der Waals surface area contributed by atoms with Gasteiger partial charge < -0.3 is 40.2 Å². The van der Waals surface area contributed by atoms with Crippen LogP contribution in [0.25, 0.3) is 0 Å². The van der Waals surface area contributed by atoms with Crippen LogP contribution in [0.2, 0.25) is 0 Å². The fraction of sp³-hybridized carbons (Fsp3) is 0.833. The van der Waals surface area contributed by atoms with Crippen LogP contribution < -0.4 is 21.3 Å². The lowest BCUT2D eigenvalue weighted by atomic mass is 10.2. The van der Waals surface area contributed by atoms with E-state index >= 15 is 0 Å². The van der Waals surface area contributed by atoms with Crippen molar-refractivity contribution in [3.05, 3.63) is 0 Å². The number of nitrogens with one attached hydrogen (secondary N) is 2. The molecule has 3 rings (SSSR count). The molecule has 1 unspecified atom stereocenters. The lowest BCUT2D eigenvalue weighted by Gasteiger charge is -2.27. The summed E-state index contributed by atoms with van der Waals surface area (Å²) < 4.78 is 21.9. The SMILES string of the molecule is NCCOCCOCCNc1nc(NCC2CCCO2)nc(N2CCOCC2)n1. The van der Waals surface area contributed by atoms with E-state index in [1.54, 1.807) is 0 Å². The van der Waals surface area contributed by atoms with Crippen LogP contribution in [0.15, 0.2) is 0 Å². The van der Waals surface area contributed by atoms with Crippen LogP contribution in [0.3, 0.4) is 0 Å². The monoisotopic (exact) mass is 411 g/mol. The van der Waals surface area contributed by atoms with Gasteiger partial charge in [-0.3, -0.25) is 0 Å². The Morgan fingerprint density at radius 2 is 1.72 bits per heavy atom. The van der Waals surface area contributed by atoms with Crippen molar-refractivity contribution < 1.29 is 18.9 Å². The van der Waals surface area contributed by atoms with Crippen LogP contribution in [0.1, 0.15) is 12.8 Å². The van der Waals surface area contributed by atoms with Crippen molar-refractivity contribution >= 4 is 17.8 Å². The Morgan fingerprint density at radius 1 is 0.966 bits per heavy atom. The van der Waals surface area contributed by atoms with Crippen LogP contribution in [0.4, 0.5) is 17.8 Å². The van der Waals surface area contributed by atoms with E-state index in [-0.39, 0.29) is 6.10 Å². The van der Waals surface area contributed by atoms with Crippen LogP contribution in [0, 0.1) is 0 Å². The normalized spacial score (nSPS) is 19.5. The summed E-state index contributed by atoms with van der Waals surface area (Å²) >= 11 is 0. The highest BCUT2D eigenvalue weighted by Crippen LogP contribution is 2.17. The quantitative estimate of drug-likeness (QED) is 0.370. The fourth-order valence-corrected chi connectivity index (χ4v) is 3.08. The molecule has 0 saturated carbocycles. The van der Waals surface area contributed by atoms with Gasteiger partial charge >= 0.3 is 0 Å². The highest BCUT2D eigenvalue weighted by Gasteiger charge is 2.19. The third-order valence-corrected chi connectivity index (χ3v) is 4.59. The van der Waals surface area contributed by atoms with Gasteiger partial charge in [0.25, 0.3) is 0 Å². The zero-order valence-corrected chi connectivity index (χ0v) is 17.0. The maximum atomic E-state index is 5.67. The van der Waals surface area contributed by atoms with Crippen LogP contribution in [-0.2, 0) is 18.9 Å². The summed E-state index contributed by atoms with van der Waals surface area (Å²) in [5.41, 5.74) is 5.37. The number of morpholine rings is 1. The molecular weight excluding hydrogens is 378 g/mol. The first-order valence-electron chi connectivity index (χ1n) is 10.4. The van der Waals surface area contributed by atoms with Crippen molar-refractivity contribution in [2.24, 2.45) is 5.73 Å². The summed E-state index contributed by atoms with van der Waals surface area (Å²) in [5, 5.41) is 6.51. The van der Waals surface area contributed by atoms with Gasteiger partial charge in [-0.25, -0.2) is 0 Å². The van der Waals surface area contributed by atoms with Crippen molar-refractivity contribution in [2.45, 2.75) is 18.9 Å². The molecule has 0 radical (unpaired) electrons. The first-order valence-corrected chi connectivity index (χ1v) is 10.4. The number of nitrogens with zero attached hydrogens (tertiary/aromatic N) is 4. The minimum atomic E-state index is 0.213.